The molecule has 0 bridgehead atoms. The van der Waals surface area contributed by atoms with E-state index >= 15 is 0 Å². The summed E-state index contributed by atoms with van der Waals surface area (Å²) < 4.78 is 0. The Labute approximate surface area is 230 Å². The molecule has 1 saturated heterocycles. The van der Waals surface area contributed by atoms with Crippen LogP contribution in [-0.4, -0.2) is 46.5 Å². The Morgan fingerprint density at radius 3 is 1.71 bits per heavy atom. The van der Waals surface area contributed by atoms with Crippen LogP contribution in [0.1, 0.15) is 81.7 Å². The summed E-state index contributed by atoms with van der Waals surface area (Å²) >= 11 is 0. The normalized spacial score (nSPS) is 16.0. The molecule has 1 heterocycles. The Balaban J connectivity index is 0.00000127. The first kappa shape index (κ1) is 30.0. The summed E-state index contributed by atoms with van der Waals surface area (Å²) in [6.07, 6.45) is 3.23. The lowest BCUT2D eigenvalue weighted by atomic mass is 9.72. The molecule has 0 spiro atoms. The minimum Gasteiger partial charge on any atom is -0.397 e. The lowest BCUT2D eigenvalue weighted by Gasteiger charge is -2.42. The van der Waals surface area contributed by atoms with Crippen molar-refractivity contribution < 1.29 is 15.3 Å². The van der Waals surface area contributed by atoms with E-state index in [1.807, 2.05) is 36.4 Å². The van der Waals surface area contributed by atoms with Crippen molar-refractivity contribution in [2.75, 3.05) is 26.2 Å². The topological polar surface area (TPSA) is 63.9 Å². The lowest BCUT2D eigenvalue weighted by Crippen LogP contribution is -2.44. The summed E-state index contributed by atoms with van der Waals surface area (Å²) in [7, 11) is 0. The van der Waals surface area contributed by atoms with Crippen molar-refractivity contribution in [2.45, 2.75) is 70.5 Å². The van der Waals surface area contributed by atoms with E-state index in [9.17, 15) is 10.2 Å². The molecule has 1 aliphatic rings. The Morgan fingerprint density at radius 2 is 1.26 bits per heavy atom. The molecule has 1 aliphatic heterocycles. The predicted octanol–water partition coefficient (Wildman–Crippen LogP) is 6.44. The molecule has 4 rings (SSSR count). The first-order chi connectivity index (χ1) is 18.2. The van der Waals surface area contributed by atoms with E-state index in [2.05, 4.69) is 74.2 Å². The third kappa shape index (κ3) is 7.77. The van der Waals surface area contributed by atoms with Gasteiger partial charge in [-0.05, 0) is 85.8 Å². The molecule has 4 heteroatoms. The molecule has 3 aromatic carbocycles. The molecule has 1 fully saturated rings. The van der Waals surface area contributed by atoms with Gasteiger partial charge in [0, 0.05) is 6.61 Å². The van der Waals surface area contributed by atoms with Crippen LogP contribution >= 0.6 is 0 Å². The molecule has 3 aromatic rings. The first-order valence-corrected chi connectivity index (χ1v) is 14.1. The highest BCUT2D eigenvalue weighted by molar-refractivity contribution is 5.37. The average molecular weight is 518 g/mol. The number of rotatable bonds is 8. The zero-order chi connectivity index (χ0) is 27.6. The van der Waals surface area contributed by atoms with Gasteiger partial charge >= 0.3 is 0 Å². The van der Waals surface area contributed by atoms with Crippen LogP contribution < -0.4 is 0 Å². The van der Waals surface area contributed by atoms with E-state index in [0.29, 0.717) is 0 Å². The smallest absolute Gasteiger partial charge is 0.117 e. The number of aliphatic hydroxyl groups excluding tert-OH is 2. The second-order valence-corrected chi connectivity index (χ2v) is 11.5. The molecular formula is C34H47NO3. The largest absolute Gasteiger partial charge is 0.397 e. The molecule has 0 aliphatic carbocycles. The number of likely N-dealkylation sites (tertiary alicyclic amines) is 1. The van der Waals surface area contributed by atoms with Gasteiger partial charge in [0.25, 0.3) is 0 Å². The first-order valence-electron chi connectivity index (χ1n) is 14.1. The SMILES string of the molecule is CC(C)(C)c1ccc(C(O)CCCN2CCC(C(O)(c3ccccc3)c3ccccc3)CC2)cc1.CCO. The summed E-state index contributed by atoms with van der Waals surface area (Å²) in [6, 6.07) is 28.7. The number of hydrogen-bond donors (Lipinski definition) is 3. The van der Waals surface area contributed by atoms with Crippen molar-refractivity contribution in [1.29, 1.82) is 0 Å². The Morgan fingerprint density at radius 1 is 0.789 bits per heavy atom. The van der Waals surface area contributed by atoms with Crippen molar-refractivity contribution >= 4 is 0 Å². The van der Waals surface area contributed by atoms with Gasteiger partial charge < -0.3 is 20.2 Å². The standard InChI is InChI=1S/C32H41NO2.C2H6O/c1-31(2,3)26-18-16-25(17-19-26)30(34)15-10-22-33-23-20-29(21-24-33)32(35,27-11-6-4-7-12-27)28-13-8-5-9-14-28;1-2-3/h4-9,11-14,16-19,29-30,34-35H,10,15,20-24H2,1-3H3;3H,2H2,1H3. The molecular weight excluding hydrogens is 470 g/mol. The summed E-state index contributed by atoms with van der Waals surface area (Å²) in [5.41, 5.74) is 3.41. The zero-order valence-corrected chi connectivity index (χ0v) is 23.7. The number of benzene rings is 3. The third-order valence-electron chi connectivity index (χ3n) is 7.72. The van der Waals surface area contributed by atoms with E-state index in [0.717, 1.165) is 62.0 Å². The molecule has 0 aromatic heterocycles. The highest BCUT2D eigenvalue weighted by atomic mass is 16.3. The van der Waals surface area contributed by atoms with Gasteiger partial charge in [0.15, 0.2) is 0 Å². The van der Waals surface area contributed by atoms with Crippen molar-refractivity contribution in [3.63, 3.8) is 0 Å². The number of hydrogen-bond acceptors (Lipinski definition) is 4. The minimum absolute atomic E-state index is 0.128. The Kier molecular flexibility index (Phi) is 11.1. The maximum Gasteiger partial charge on any atom is 0.117 e. The summed E-state index contributed by atoms with van der Waals surface area (Å²) in [6.45, 7) is 11.5. The van der Waals surface area contributed by atoms with Crippen LogP contribution in [0.2, 0.25) is 0 Å². The molecule has 1 unspecified atom stereocenters. The monoisotopic (exact) mass is 517 g/mol. The fraction of sp³-hybridized carbons (Fsp3) is 0.471. The minimum atomic E-state index is -0.968. The molecule has 206 valence electrons. The summed E-state index contributed by atoms with van der Waals surface area (Å²) in [5.74, 6) is 0.176. The van der Waals surface area contributed by atoms with Crippen molar-refractivity contribution in [3.8, 4) is 0 Å². The van der Waals surface area contributed by atoms with Crippen LogP contribution in [0.5, 0.6) is 0 Å². The van der Waals surface area contributed by atoms with Crippen molar-refractivity contribution in [1.82, 2.24) is 4.90 Å². The maximum atomic E-state index is 12.1. The third-order valence-corrected chi connectivity index (χ3v) is 7.72. The van der Waals surface area contributed by atoms with E-state index in [-0.39, 0.29) is 17.9 Å². The van der Waals surface area contributed by atoms with E-state index in [4.69, 9.17) is 5.11 Å². The summed E-state index contributed by atoms with van der Waals surface area (Å²) in [4.78, 5) is 2.49. The second-order valence-electron chi connectivity index (χ2n) is 11.5. The Hall–Kier alpha value is -2.50. The molecule has 0 saturated carbocycles. The van der Waals surface area contributed by atoms with Crippen molar-refractivity contribution in [2.24, 2.45) is 5.92 Å². The van der Waals surface area contributed by atoms with Crippen LogP contribution in [0.15, 0.2) is 84.9 Å². The molecule has 4 nitrogen and oxygen atoms in total. The molecule has 0 radical (unpaired) electrons. The molecule has 38 heavy (non-hydrogen) atoms. The number of nitrogens with zero attached hydrogens (tertiary/aromatic N) is 1. The highest BCUT2D eigenvalue weighted by Crippen LogP contribution is 2.42. The quantitative estimate of drug-likeness (QED) is 0.322. The van der Waals surface area contributed by atoms with Gasteiger partial charge in [-0.15, -0.1) is 0 Å². The average Bonchev–Trinajstić information content (AvgIpc) is 2.94. The van der Waals surface area contributed by atoms with Gasteiger partial charge in [-0.2, -0.15) is 0 Å². The lowest BCUT2D eigenvalue weighted by molar-refractivity contribution is -0.0146. The molecule has 3 N–H and O–H groups in total. The van der Waals surface area contributed by atoms with Gasteiger partial charge in [-0.1, -0.05) is 106 Å². The molecule has 1 atom stereocenters. The number of aliphatic hydroxyl groups is 3. The second kappa shape index (κ2) is 14.0. The Bertz CT molecular complexity index is 1010. The van der Waals surface area contributed by atoms with E-state index in [1.165, 1.54) is 5.56 Å². The van der Waals surface area contributed by atoms with Crippen LogP contribution in [0.25, 0.3) is 0 Å². The van der Waals surface area contributed by atoms with Gasteiger partial charge in [0.2, 0.25) is 0 Å². The fourth-order valence-corrected chi connectivity index (χ4v) is 5.48. The van der Waals surface area contributed by atoms with E-state index in [1.54, 1.807) is 6.92 Å². The zero-order valence-electron chi connectivity index (χ0n) is 23.7. The van der Waals surface area contributed by atoms with Crippen molar-refractivity contribution in [3.05, 3.63) is 107 Å². The van der Waals surface area contributed by atoms with Gasteiger partial charge in [0.1, 0.15) is 5.60 Å². The van der Waals surface area contributed by atoms with Gasteiger partial charge in [-0.25, -0.2) is 0 Å². The van der Waals surface area contributed by atoms with E-state index < -0.39 is 11.7 Å². The van der Waals surface area contributed by atoms with Crippen LogP contribution in [0.4, 0.5) is 0 Å². The van der Waals surface area contributed by atoms with Crippen LogP contribution in [-0.2, 0) is 11.0 Å². The summed E-state index contributed by atoms with van der Waals surface area (Å²) in [5, 5.41) is 30.3. The van der Waals surface area contributed by atoms with Crippen LogP contribution in [0.3, 0.4) is 0 Å². The maximum absolute atomic E-state index is 12.1. The fourth-order valence-electron chi connectivity index (χ4n) is 5.48. The van der Waals surface area contributed by atoms with Gasteiger partial charge in [0.05, 0.1) is 6.10 Å². The number of piperidine rings is 1. The highest BCUT2D eigenvalue weighted by Gasteiger charge is 2.41. The molecule has 0 amide bonds. The predicted molar refractivity (Wildman–Crippen MR) is 157 cm³/mol. The van der Waals surface area contributed by atoms with Crippen LogP contribution in [0, 0.1) is 5.92 Å². The van der Waals surface area contributed by atoms with Gasteiger partial charge in [-0.3, -0.25) is 0 Å².